The fraction of sp³-hybridized carbons (Fsp3) is 0.350. The van der Waals surface area contributed by atoms with Crippen molar-refractivity contribution >= 4 is 5.97 Å². The zero-order chi connectivity index (χ0) is 19.3. The Morgan fingerprint density at radius 2 is 1.63 bits per heavy atom. The minimum absolute atomic E-state index is 0.0490. The van der Waals surface area contributed by atoms with Gasteiger partial charge in [-0.15, -0.1) is 0 Å². The largest absolute Gasteiger partial charge is 0.494 e. The van der Waals surface area contributed by atoms with E-state index in [9.17, 15) is 18.0 Å². The molecule has 1 aliphatic heterocycles. The molecule has 0 aliphatic carbocycles. The number of alkyl halides is 3. The lowest BCUT2D eigenvalue weighted by Gasteiger charge is -2.09. The van der Waals surface area contributed by atoms with Gasteiger partial charge in [0.25, 0.3) is 0 Å². The molecule has 4 nitrogen and oxygen atoms in total. The Bertz CT molecular complexity index is 750. The van der Waals surface area contributed by atoms with Gasteiger partial charge in [0.15, 0.2) is 0 Å². The van der Waals surface area contributed by atoms with Crippen molar-refractivity contribution in [1.82, 2.24) is 0 Å². The summed E-state index contributed by atoms with van der Waals surface area (Å²) >= 11 is 0. The van der Waals surface area contributed by atoms with Crippen LogP contribution >= 0.6 is 0 Å². The first-order valence-electron chi connectivity index (χ1n) is 8.66. The second-order valence-electron chi connectivity index (χ2n) is 6.24. The molecular formula is C20H19F3O4. The number of esters is 1. The van der Waals surface area contributed by atoms with E-state index in [-0.39, 0.29) is 11.3 Å². The summed E-state index contributed by atoms with van der Waals surface area (Å²) in [6.07, 6.45) is -0.970. The van der Waals surface area contributed by atoms with Crippen LogP contribution in [0.5, 0.6) is 11.5 Å². The van der Waals surface area contributed by atoms with E-state index >= 15 is 0 Å². The van der Waals surface area contributed by atoms with Gasteiger partial charge in [-0.05, 0) is 67.8 Å². The second kappa shape index (κ2) is 8.43. The van der Waals surface area contributed by atoms with Gasteiger partial charge in [-0.3, -0.25) is 0 Å². The van der Waals surface area contributed by atoms with Gasteiger partial charge in [0.1, 0.15) is 11.5 Å². The minimum atomic E-state index is -4.43. The third-order valence-electron chi connectivity index (χ3n) is 4.07. The van der Waals surface area contributed by atoms with Crippen molar-refractivity contribution in [3.05, 3.63) is 59.7 Å². The third-order valence-corrected chi connectivity index (χ3v) is 4.07. The maximum absolute atomic E-state index is 12.5. The number of halogens is 3. The molecule has 144 valence electrons. The normalized spacial score (nSPS) is 16.0. The molecule has 27 heavy (non-hydrogen) atoms. The molecule has 7 heteroatoms. The SMILES string of the molecule is O=C(Oc1ccc(C(F)(F)F)cc1)c1ccc(OCCCCC2CO2)cc1. The molecule has 0 N–H and O–H groups in total. The summed E-state index contributed by atoms with van der Waals surface area (Å²) in [5.74, 6) is 0.0439. The summed E-state index contributed by atoms with van der Waals surface area (Å²) < 4.78 is 53.4. The zero-order valence-electron chi connectivity index (χ0n) is 14.5. The molecular weight excluding hydrogens is 361 g/mol. The molecule has 0 amide bonds. The van der Waals surface area contributed by atoms with Gasteiger partial charge in [-0.2, -0.15) is 13.2 Å². The molecule has 0 saturated carbocycles. The van der Waals surface area contributed by atoms with Crippen LogP contribution in [0.15, 0.2) is 48.5 Å². The number of epoxide rings is 1. The van der Waals surface area contributed by atoms with E-state index in [2.05, 4.69) is 0 Å². The summed E-state index contributed by atoms with van der Waals surface area (Å²) in [5, 5.41) is 0. The number of rotatable bonds is 8. The lowest BCUT2D eigenvalue weighted by Crippen LogP contribution is -2.09. The van der Waals surface area contributed by atoms with Crippen LogP contribution in [0, 0.1) is 0 Å². The fourth-order valence-electron chi connectivity index (χ4n) is 2.46. The van der Waals surface area contributed by atoms with Crippen molar-refractivity contribution in [1.29, 1.82) is 0 Å². The van der Waals surface area contributed by atoms with Crippen molar-refractivity contribution in [3.63, 3.8) is 0 Å². The van der Waals surface area contributed by atoms with E-state index in [1.54, 1.807) is 24.3 Å². The maximum Gasteiger partial charge on any atom is 0.416 e. The zero-order valence-corrected chi connectivity index (χ0v) is 14.5. The van der Waals surface area contributed by atoms with E-state index in [1.165, 1.54) is 0 Å². The van der Waals surface area contributed by atoms with Crippen molar-refractivity contribution < 1.29 is 32.2 Å². The highest BCUT2D eigenvalue weighted by molar-refractivity contribution is 5.91. The first-order valence-corrected chi connectivity index (χ1v) is 8.66. The Balaban J connectivity index is 1.46. The van der Waals surface area contributed by atoms with Crippen LogP contribution in [0.2, 0.25) is 0 Å². The highest BCUT2D eigenvalue weighted by Gasteiger charge is 2.30. The average Bonchev–Trinajstić information content (AvgIpc) is 3.46. The van der Waals surface area contributed by atoms with Crippen LogP contribution in [0.4, 0.5) is 13.2 Å². The molecule has 3 rings (SSSR count). The topological polar surface area (TPSA) is 48.1 Å². The van der Waals surface area contributed by atoms with Crippen LogP contribution < -0.4 is 9.47 Å². The summed E-state index contributed by atoms with van der Waals surface area (Å²) in [7, 11) is 0. The molecule has 0 spiro atoms. The molecule has 1 atom stereocenters. The molecule has 0 bridgehead atoms. The standard InChI is InChI=1S/C20H19F3O4/c21-20(22,23)15-6-10-17(11-7-15)27-19(24)14-4-8-16(9-5-14)25-12-2-1-3-18-13-26-18/h4-11,18H,1-3,12-13H2. The van der Waals surface area contributed by atoms with Gasteiger partial charge in [-0.1, -0.05) is 0 Å². The average molecular weight is 380 g/mol. The van der Waals surface area contributed by atoms with Crippen LogP contribution in [0.1, 0.15) is 35.2 Å². The van der Waals surface area contributed by atoms with Gasteiger partial charge >= 0.3 is 12.1 Å². The number of ether oxygens (including phenoxy) is 3. The van der Waals surface area contributed by atoms with Gasteiger partial charge in [0.2, 0.25) is 0 Å². The van der Waals surface area contributed by atoms with Crippen LogP contribution in [0.3, 0.4) is 0 Å². The molecule has 1 heterocycles. The predicted molar refractivity (Wildman–Crippen MR) is 91.9 cm³/mol. The van der Waals surface area contributed by atoms with E-state index < -0.39 is 17.7 Å². The van der Waals surface area contributed by atoms with Crippen LogP contribution in [0.25, 0.3) is 0 Å². The molecule has 0 radical (unpaired) electrons. The number of unbranched alkanes of at least 4 members (excludes halogenated alkanes) is 1. The first kappa shape index (κ1) is 19.2. The van der Waals surface area contributed by atoms with Gasteiger partial charge < -0.3 is 14.2 Å². The van der Waals surface area contributed by atoms with Crippen molar-refractivity contribution in [3.8, 4) is 11.5 Å². The number of carbonyl (C=O) groups excluding carboxylic acids is 1. The first-order chi connectivity index (χ1) is 12.9. The molecule has 0 aromatic heterocycles. The highest BCUT2D eigenvalue weighted by atomic mass is 19.4. The number of carbonyl (C=O) groups is 1. The lowest BCUT2D eigenvalue weighted by atomic mass is 10.2. The fourth-order valence-corrected chi connectivity index (χ4v) is 2.46. The van der Waals surface area contributed by atoms with Crippen molar-refractivity contribution in [2.75, 3.05) is 13.2 Å². The summed E-state index contributed by atoms with van der Waals surface area (Å²) in [5.41, 5.74) is -0.512. The van der Waals surface area contributed by atoms with E-state index in [1.807, 2.05) is 0 Å². The Kier molecular flexibility index (Phi) is 6.01. The van der Waals surface area contributed by atoms with Gasteiger partial charge in [0.05, 0.1) is 30.4 Å². The molecule has 1 aliphatic rings. The number of benzene rings is 2. The molecule has 2 aromatic carbocycles. The van der Waals surface area contributed by atoms with E-state index in [4.69, 9.17) is 14.2 Å². The Labute approximate surface area is 154 Å². The number of hydrogen-bond donors (Lipinski definition) is 0. The number of hydrogen-bond acceptors (Lipinski definition) is 4. The van der Waals surface area contributed by atoms with Crippen molar-refractivity contribution in [2.45, 2.75) is 31.5 Å². The quantitative estimate of drug-likeness (QED) is 0.284. The molecule has 2 aromatic rings. The maximum atomic E-state index is 12.5. The minimum Gasteiger partial charge on any atom is -0.494 e. The Hall–Kier alpha value is -2.54. The lowest BCUT2D eigenvalue weighted by molar-refractivity contribution is -0.137. The van der Waals surface area contributed by atoms with Crippen LogP contribution in [-0.2, 0) is 10.9 Å². The van der Waals surface area contributed by atoms with E-state index in [0.717, 1.165) is 50.1 Å². The molecule has 1 saturated heterocycles. The molecule has 1 fully saturated rings. The Morgan fingerprint density at radius 3 is 2.22 bits per heavy atom. The summed E-state index contributed by atoms with van der Waals surface area (Å²) in [4.78, 5) is 12.1. The molecule has 1 unspecified atom stereocenters. The summed E-state index contributed by atoms with van der Waals surface area (Å²) in [6, 6.07) is 10.4. The van der Waals surface area contributed by atoms with E-state index in [0.29, 0.717) is 18.5 Å². The third kappa shape index (κ3) is 5.99. The second-order valence-corrected chi connectivity index (χ2v) is 6.24. The monoisotopic (exact) mass is 380 g/mol. The highest BCUT2D eigenvalue weighted by Crippen LogP contribution is 2.30. The summed E-state index contributed by atoms with van der Waals surface area (Å²) in [6.45, 7) is 1.45. The van der Waals surface area contributed by atoms with Crippen molar-refractivity contribution in [2.24, 2.45) is 0 Å². The smallest absolute Gasteiger partial charge is 0.416 e. The van der Waals surface area contributed by atoms with Crippen LogP contribution in [-0.4, -0.2) is 25.3 Å². The van der Waals surface area contributed by atoms with Gasteiger partial charge in [-0.25, -0.2) is 4.79 Å². The predicted octanol–water partition coefficient (Wildman–Crippen LogP) is 4.87. The van der Waals surface area contributed by atoms with Gasteiger partial charge in [0, 0.05) is 0 Å². The Morgan fingerprint density at radius 1 is 1.00 bits per heavy atom.